The second-order valence-electron chi connectivity index (χ2n) is 5.04. The summed E-state index contributed by atoms with van der Waals surface area (Å²) in [4.78, 5) is 20.3. The summed E-state index contributed by atoms with van der Waals surface area (Å²) in [6, 6.07) is 13.6. The van der Waals surface area contributed by atoms with Gasteiger partial charge in [0.25, 0.3) is 0 Å². The Kier molecular flexibility index (Phi) is 3.05. The first kappa shape index (κ1) is 12.5. The standard InChI is InChI=1S/C17H14N2O/c1-17(11-13-6-2-3-8-16(13)19-17)14(12-20)10-15-7-4-5-9-18-15/h2-9,11H,10H2,1H3. The average Bonchev–Trinajstić information content (AvgIpc) is 2.83. The summed E-state index contributed by atoms with van der Waals surface area (Å²) in [5.74, 6) is 2.07. The van der Waals surface area contributed by atoms with Gasteiger partial charge in [-0.3, -0.25) is 9.98 Å². The molecule has 1 atom stereocenters. The molecule has 0 spiro atoms. The summed E-state index contributed by atoms with van der Waals surface area (Å²) in [5, 5.41) is 1.98. The van der Waals surface area contributed by atoms with Crippen molar-refractivity contribution < 1.29 is 4.79 Å². The van der Waals surface area contributed by atoms with E-state index in [1.807, 2.05) is 55.5 Å². The van der Waals surface area contributed by atoms with Crippen molar-refractivity contribution >= 4 is 12.0 Å². The summed E-state index contributed by atoms with van der Waals surface area (Å²) in [5.41, 5.74) is 0.835. The average molecular weight is 262 g/mol. The van der Waals surface area contributed by atoms with E-state index in [0.717, 1.165) is 16.3 Å². The zero-order chi connectivity index (χ0) is 14.0. The normalized spacial score (nSPS) is 19.4. The van der Waals surface area contributed by atoms with Gasteiger partial charge in [0.05, 0.1) is 10.9 Å². The lowest BCUT2D eigenvalue weighted by Crippen LogP contribution is -2.23. The molecule has 0 saturated heterocycles. The van der Waals surface area contributed by atoms with Crippen molar-refractivity contribution in [2.24, 2.45) is 4.99 Å². The summed E-state index contributed by atoms with van der Waals surface area (Å²) in [6.07, 6.45) is 4.21. The van der Waals surface area contributed by atoms with Crippen LogP contribution in [0.1, 0.15) is 12.6 Å². The minimum absolute atomic E-state index is 0.467. The molecule has 98 valence electrons. The second kappa shape index (κ2) is 4.87. The van der Waals surface area contributed by atoms with Crippen molar-refractivity contribution in [2.45, 2.75) is 18.9 Å². The Bertz CT molecular complexity index is 767. The Labute approximate surface area is 117 Å². The summed E-state index contributed by atoms with van der Waals surface area (Å²) in [7, 11) is 0. The van der Waals surface area contributed by atoms with E-state index >= 15 is 0 Å². The molecule has 2 heterocycles. The Morgan fingerprint density at radius 3 is 2.70 bits per heavy atom. The highest BCUT2D eigenvalue weighted by Gasteiger charge is 2.29. The number of pyridine rings is 1. The van der Waals surface area contributed by atoms with Crippen molar-refractivity contribution in [3.8, 4) is 0 Å². The third kappa shape index (κ3) is 2.20. The van der Waals surface area contributed by atoms with Crippen LogP contribution in [0.5, 0.6) is 0 Å². The van der Waals surface area contributed by atoms with Gasteiger partial charge < -0.3 is 0 Å². The van der Waals surface area contributed by atoms with Gasteiger partial charge in [-0.05, 0) is 36.4 Å². The first-order chi connectivity index (χ1) is 9.71. The maximum Gasteiger partial charge on any atom is 0.126 e. The molecule has 0 bridgehead atoms. The van der Waals surface area contributed by atoms with Crippen LogP contribution in [-0.2, 0) is 11.2 Å². The van der Waals surface area contributed by atoms with E-state index in [1.165, 1.54) is 0 Å². The maximum atomic E-state index is 11.4. The molecular weight excluding hydrogens is 248 g/mol. The smallest absolute Gasteiger partial charge is 0.126 e. The van der Waals surface area contributed by atoms with Crippen LogP contribution in [0.25, 0.3) is 6.08 Å². The van der Waals surface area contributed by atoms with E-state index in [9.17, 15) is 4.79 Å². The van der Waals surface area contributed by atoms with Gasteiger partial charge in [0.2, 0.25) is 0 Å². The Hall–Kier alpha value is -2.51. The van der Waals surface area contributed by atoms with Crippen molar-refractivity contribution in [3.05, 3.63) is 70.5 Å². The number of para-hydroxylation sites is 1. The quantitative estimate of drug-likeness (QED) is 0.781. The number of hydrogen-bond donors (Lipinski definition) is 0. The fraction of sp³-hybridized carbons (Fsp3) is 0.176. The van der Waals surface area contributed by atoms with Gasteiger partial charge in [-0.1, -0.05) is 24.3 Å². The van der Waals surface area contributed by atoms with Gasteiger partial charge >= 0.3 is 0 Å². The minimum Gasteiger partial charge on any atom is -0.269 e. The predicted octanol–water partition coefficient (Wildman–Crippen LogP) is 1.25. The van der Waals surface area contributed by atoms with Gasteiger partial charge in [-0.2, -0.15) is 0 Å². The molecule has 2 aromatic rings. The van der Waals surface area contributed by atoms with Gasteiger partial charge in [-0.25, -0.2) is 4.79 Å². The molecule has 0 fully saturated rings. The molecule has 0 radical (unpaired) electrons. The van der Waals surface area contributed by atoms with Crippen molar-refractivity contribution in [3.63, 3.8) is 0 Å². The van der Waals surface area contributed by atoms with Crippen LogP contribution >= 0.6 is 0 Å². The SMILES string of the molecule is CC1(C(=C=O)Cc2ccccn2)C=c2ccccc2=N1. The van der Waals surface area contributed by atoms with Crippen molar-refractivity contribution in [1.82, 2.24) is 4.98 Å². The van der Waals surface area contributed by atoms with Gasteiger partial charge in [0.1, 0.15) is 11.5 Å². The second-order valence-corrected chi connectivity index (χ2v) is 5.04. The number of nitrogens with zero attached hydrogens (tertiary/aromatic N) is 2. The molecule has 1 aliphatic rings. The van der Waals surface area contributed by atoms with Crippen LogP contribution in [0.4, 0.5) is 0 Å². The predicted molar refractivity (Wildman–Crippen MR) is 77.2 cm³/mol. The molecule has 1 aromatic carbocycles. The third-order valence-electron chi connectivity index (χ3n) is 3.54. The highest BCUT2D eigenvalue weighted by Crippen LogP contribution is 2.25. The van der Waals surface area contributed by atoms with Crippen LogP contribution in [-0.4, -0.2) is 16.5 Å². The summed E-state index contributed by atoms with van der Waals surface area (Å²) < 4.78 is 0. The highest BCUT2D eigenvalue weighted by atomic mass is 16.1. The maximum absolute atomic E-state index is 11.4. The largest absolute Gasteiger partial charge is 0.269 e. The lowest BCUT2D eigenvalue weighted by atomic mass is 9.90. The number of fused-ring (bicyclic) bond motifs is 1. The molecule has 3 heteroatoms. The fourth-order valence-corrected chi connectivity index (χ4v) is 2.45. The van der Waals surface area contributed by atoms with Crippen LogP contribution in [0.15, 0.2) is 59.2 Å². The molecule has 3 nitrogen and oxygen atoms in total. The van der Waals surface area contributed by atoms with Gasteiger partial charge in [0, 0.05) is 18.3 Å². The van der Waals surface area contributed by atoms with E-state index in [-0.39, 0.29) is 0 Å². The van der Waals surface area contributed by atoms with Crippen LogP contribution in [0.2, 0.25) is 0 Å². The molecule has 1 unspecified atom stereocenters. The van der Waals surface area contributed by atoms with Crippen LogP contribution in [0.3, 0.4) is 0 Å². The molecular formula is C17H14N2O. The molecule has 3 rings (SSSR count). The molecule has 0 aliphatic carbocycles. The minimum atomic E-state index is -0.622. The number of hydrogen-bond acceptors (Lipinski definition) is 3. The monoisotopic (exact) mass is 262 g/mol. The van der Waals surface area contributed by atoms with E-state index in [0.29, 0.717) is 12.0 Å². The van der Waals surface area contributed by atoms with E-state index in [1.54, 1.807) is 6.20 Å². The number of benzene rings is 1. The Morgan fingerprint density at radius 2 is 2.00 bits per heavy atom. The Balaban J connectivity index is 2.00. The molecule has 0 amide bonds. The molecule has 0 N–H and O–H groups in total. The van der Waals surface area contributed by atoms with Crippen molar-refractivity contribution in [1.29, 1.82) is 0 Å². The van der Waals surface area contributed by atoms with Gasteiger partial charge in [0.15, 0.2) is 0 Å². The number of rotatable bonds is 3. The number of aromatic nitrogens is 1. The summed E-state index contributed by atoms with van der Waals surface area (Å²) in [6.45, 7) is 1.94. The lowest BCUT2D eigenvalue weighted by Gasteiger charge is -2.19. The van der Waals surface area contributed by atoms with E-state index < -0.39 is 5.54 Å². The van der Waals surface area contributed by atoms with Crippen molar-refractivity contribution in [2.75, 3.05) is 0 Å². The highest BCUT2D eigenvalue weighted by molar-refractivity contribution is 5.65. The zero-order valence-electron chi connectivity index (χ0n) is 11.2. The molecule has 0 saturated carbocycles. The van der Waals surface area contributed by atoms with Crippen LogP contribution < -0.4 is 10.6 Å². The lowest BCUT2D eigenvalue weighted by molar-refractivity contribution is 0.560. The number of carbonyl (C=O) groups excluding carboxylic acids is 1. The third-order valence-corrected chi connectivity index (χ3v) is 3.54. The zero-order valence-corrected chi connectivity index (χ0v) is 11.2. The van der Waals surface area contributed by atoms with E-state index in [2.05, 4.69) is 15.9 Å². The fourth-order valence-electron chi connectivity index (χ4n) is 2.45. The molecule has 1 aromatic heterocycles. The topological polar surface area (TPSA) is 42.3 Å². The van der Waals surface area contributed by atoms with Crippen LogP contribution in [0, 0.1) is 0 Å². The summed E-state index contributed by atoms with van der Waals surface area (Å²) >= 11 is 0. The first-order valence-corrected chi connectivity index (χ1v) is 6.53. The molecule has 1 aliphatic heterocycles. The van der Waals surface area contributed by atoms with Gasteiger partial charge in [-0.15, -0.1) is 0 Å². The first-order valence-electron chi connectivity index (χ1n) is 6.53. The Morgan fingerprint density at radius 1 is 1.20 bits per heavy atom. The van der Waals surface area contributed by atoms with E-state index in [4.69, 9.17) is 0 Å². The molecule has 20 heavy (non-hydrogen) atoms.